The molecular formula is C12H20N2O4. The van der Waals surface area contributed by atoms with E-state index in [0.717, 1.165) is 13.0 Å². The fraction of sp³-hybridized carbons (Fsp3) is 0.833. The van der Waals surface area contributed by atoms with Crippen LogP contribution in [0.2, 0.25) is 0 Å². The number of carboxylic acids is 1. The van der Waals surface area contributed by atoms with Gasteiger partial charge in [-0.3, -0.25) is 4.79 Å². The van der Waals surface area contributed by atoms with E-state index >= 15 is 0 Å². The van der Waals surface area contributed by atoms with Gasteiger partial charge in [0.1, 0.15) is 6.04 Å². The van der Waals surface area contributed by atoms with E-state index in [0.29, 0.717) is 13.0 Å². The molecule has 2 saturated heterocycles. The van der Waals surface area contributed by atoms with E-state index in [-0.39, 0.29) is 18.9 Å². The highest BCUT2D eigenvalue weighted by molar-refractivity contribution is 5.88. The summed E-state index contributed by atoms with van der Waals surface area (Å²) < 4.78 is 0. The van der Waals surface area contributed by atoms with Crippen LogP contribution in [0.5, 0.6) is 0 Å². The summed E-state index contributed by atoms with van der Waals surface area (Å²) in [6, 6.07) is -0.878. The van der Waals surface area contributed by atoms with Crippen molar-refractivity contribution in [1.82, 2.24) is 10.2 Å². The number of hydrogen-bond donors (Lipinski definition) is 3. The zero-order chi connectivity index (χ0) is 13.3. The normalized spacial score (nSPS) is 36.0. The Labute approximate surface area is 106 Å². The van der Waals surface area contributed by atoms with Crippen molar-refractivity contribution in [3.63, 3.8) is 0 Å². The maximum Gasteiger partial charge on any atom is 0.326 e. The largest absolute Gasteiger partial charge is 0.480 e. The summed E-state index contributed by atoms with van der Waals surface area (Å²) in [5.41, 5.74) is -0.488. The number of aliphatic hydroxyl groups excluding tert-OH is 1. The Morgan fingerprint density at radius 2 is 2.22 bits per heavy atom. The van der Waals surface area contributed by atoms with Crippen molar-refractivity contribution >= 4 is 11.9 Å². The number of aliphatic carboxylic acids is 1. The Balaban J connectivity index is 2.19. The second-order valence-corrected chi connectivity index (χ2v) is 5.26. The number of aliphatic hydroxyl groups is 1. The highest BCUT2D eigenvalue weighted by Gasteiger charge is 2.48. The van der Waals surface area contributed by atoms with Crippen molar-refractivity contribution in [2.75, 3.05) is 19.6 Å². The van der Waals surface area contributed by atoms with Gasteiger partial charge in [0, 0.05) is 19.5 Å². The van der Waals surface area contributed by atoms with Gasteiger partial charge >= 0.3 is 5.97 Å². The average molecular weight is 256 g/mol. The van der Waals surface area contributed by atoms with Crippen LogP contribution in [0.3, 0.4) is 0 Å². The third kappa shape index (κ3) is 2.10. The van der Waals surface area contributed by atoms with Crippen LogP contribution in [0, 0.1) is 5.41 Å². The molecule has 0 saturated carbocycles. The number of rotatable bonds is 3. The van der Waals surface area contributed by atoms with Gasteiger partial charge in [-0.15, -0.1) is 0 Å². The number of amides is 1. The van der Waals surface area contributed by atoms with Crippen LogP contribution in [0.15, 0.2) is 0 Å². The van der Waals surface area contributed by atoms with E-state index in [1.165, 1.54) is 4.90 Å². The van der Waals surface area contributed by atoms with Crippen LogP contribution in [0.25, 0.3) is 0 Å². The second kappa shape index (κ2) is 4.85. The van der Waals surface area contributed by atoms with E-state index in [1.807, 2.05) is 6.92 Å². The fourth-order valence-corrected chi connectivity index (χ4v) is 2.96. The molecule has 6 nitrogen and oxygen atoms in total. The van der Waals surface area contributed by atoms with Crippen LogP contribution >= 0.6 is 0 Å². The molecule has 1 amide bonds. The van der Waals surface area contributed by atoms with Gasteiger partial charge in [0.05, 0.1) is 11.5 Å². The van der Waals surface area contributed by atoms with Gasteiger partial charge in [-0.1, -0.05) is 6.92 Å². The smallest absolute Gasteiger partial charge is 0.326 e. The van der Waals surface area contributed by atoms with Gasteiger partial charge in [-0.25, -0.2) is 4.79 Å². The Hall–Kier alpha value is -1.14. The van der Waals surface area contributed by atoms with E-state index in [9.17, 15) is 14.7 Å². The first-order valence-corrected chi connectivity index (χ1v) is 6.43. The summed E-state index contributed by atoms with van der Waals surface area (Å²) in [7, 11) is 0. The van der Waals surface area contributed by atoms with E-state index in [1.54, 1.807) is 0 Å². The number of carbonyl (C=O) groups is 2. The van der Waals surface area contributed by atoms with Crippen molar-refractivity contribution in [2.45, 2.75) is 38.3 Å². The predicted molar refractivity (Wildman–Crippen MR) is 64.0 cm³/mol. The molecule has 0 aliphatic carbocycles. The van der Waals surface area contributed by atoms with Gasteiger partial charge in [0.25, 0.3) is 0 Å². The van der Waals surface area contributed by atoms with Crippen molar-refractivity contribution < 1.29 is 19.8 Å². The minimum Gasteiger partial charge on any atom is -0.480 e. The number of β-amino-alcohol motifs (C(OH)–C–C–N with tert-alkyl or cyclic N) is 1. The molecule has 3 atom stereocenters. The summed E-state index contributed by atoms with van der Waals surface area (Å²) >= 11 is 0. The molecule has 0 aromatic rings. The fourth-order valence-electron chi connectivity index (χ4n) is 2.96. The topological polar surface area (TPSA) is 89.9 Å². The molecule has 2 aliphatic heterocycles. The summed E-state index contributed by atoms with van der Waals surface area (Å²) in [6.07, 6.45) is 0.839. The predicted octanol–water partition coefficient (Wildman–Crippen LogP) is -0.577. The first-order valence-electron chi connectivity index (χ1n) is 6.43. The summed E-state index contributed by atoms with van der Waals surface area (Å²) in [5.74, 6) is -1.16. The lowest BCUT2D eigenvalue weighted by Crippen LogP contribution is -2.49. The van der Waals surface area contributed by atoms with Crippen LogP contribution in [-0.2, 0) is 9.59 Å². The molecule has 0 aromatic carbocycles. The highest BCUT2D eigenvalue weighted by atomic mass is 16.4. The molecule has 1 unspecified atom stereocenters. The number of nitrogens with zero attached hydrogens (tertiary/aromatic N) is 1. The lowest BCUT2D eigenvalue weighted by Gasteiger charge is -2.32. The monoisotopic (exact) mass is 256 g/mol. The van der Waals surface area contributed by atoms with Crippen molar-refractivity contribution in [3.05, 3.63) is 0 Å². The average Bonchev–Trinajstić information content (AvgIpc) is 2.95. The Morgan fingerprint density at radius 3 is 2.72 bits per heavy atom. The lowest BCUT2D eigenvalue weighted by molar-refractivity contribution is -0.152. The van der Waals surface area contributed by atoms with Crippen LogP contribution in [0.1, 0.15) is 26.2 Å². The number of carboxylic acid groups (broad SMARTS) is 1. The van der Waals surface area contributed by atoms with E-state index in [4.69, 9.17) is 5.11 Å². The lowest BCUT2D eigenvalue weighted by atomic mass is 9.82. The molecule has 2 fully saturated rings. The molecule has 2 heterocycles. The molecule has 0 spiro atoms. The Kier molecular flexibility index (Phi) is 3.59. The van der Waals surface area contributed by atoms with Crippen molar-refractivity contribution in [3.8, 4) is 0 Å². The SMILES string of the molecule is CCC1(C(=O)N2C[C@H](O)C[C@@H]2C(=O)O)CCNC1. The summed E-state index contributed by atoms with van der Waals surface area (Å²) in [6.45, 7) is 3.47. The molecule has 3 N–H and O–H groups in total. The third-order valence-corrected chi connectivity index (χ3v) is 4.20. The van der Waals surface area contributed by atoms with Crippen molar-refractivity contribution in [2.24, 2.45) is 5.41 Å². The summed E-state index contributed by atoms with van der Waals surface area (Å²) in [5, 5.41) is 21.9. The zero-order valence-corrected chi connectivity index (χ0v) is 10.6. The molecule has 6 heteroatoms. The van der Waals surface area contributed by atoms with Gasteiger partial charge in [0.2, 0.25) is 5.91 Å². The maximum atomic E-state index is 12.6. The molecular weight excluding hydrogens is 236 g/mol. The van der Waals surface area contributed by atoms with Gasteiger partial charge in [-0.05, 0) is 19.4 Å². The van der Waals surface area contributed by atoms with Crippen LogP contribution < -0.4 is 5.32 Å². The quantitative estimate of drug-likeness (QED) is 0.629. The van der Waals surface area contributed by atoms with Crippen molar-refractivity contribution in [1.29, 1.82) is 0 Å². The summed E-state index contributed by atoms with van der Waals surface area (Å²) in [4.78, 5) is 25.1. The molecule has 102 valence electrons. The van der Waals surface area contributed by atoms with E-state index in [2.05, 4.69) is 5.32 Å². The van der Waals surface area contributed by atoms with E-state index < -0.39 is 23.5 Å². The van der Waals surface area contributed by atoms with Gasteiger partial charge in [0.15, 0.2) is 0 Å². The van der Waals surface area contributed by atoms with Crippen LogP contribution in [-0.4, -0.2) is 58.8 Å². The van der Waals surface area contributed by atoms with Crippen LogP contribution in [0.4, 0.5) is 0 Å². The second-order valence-electron chi connectivity index (χ2n) is 5.26. The van der Waals surface area contributed by atoms with Gasteiger partial charge < -0.3 is 20.4 Å². The first-order chi connectivity index (χ1) is 8.50. The van der Waals surface area contributed by atoms with Gasteiger partial charge in [-0.2, -0.15) is 0 Å². The third-order valence-electron chi connectivity index (χ3n) is 4.20. The molecule has 18 heavy (non-hydrogen) atoms. The molecule has 2 rings (SSSR count). The molecule has 0 aromatic heterocycles. The number of nitrogens with one attached hydrogen (secondary N) is 1. The Bertz CT molecular complexity index is 352. The Morgan fingerprint density at radius 1 is 1.50 bits per heavy atom. The molecule has 2 aliphatic rings. The highest BCUT2D eigenvalue weighted by Crippen LogP contribution is 2.34. The number of carbonyl (C=O) groups excluding carboxylic acids is 1. The standard InChI is InChI=1S/C12H20N2O4/c1-2-12(3-4-13-7-12)11(18)14-6-8(15)5-9(14)10(16)17/h8-9,13,15H,2-7H2,1H3,(H,16,17)/t8-,9-,12?/m1/s1. The number of hydrogen-bond acceptors (Lipinski definition) is 4. The molecule has 0 bridgehead atoms. The zero-order valence-electron chi connectivity index (χ0n) is 10.6. The molecule has 0 radical (unpaired) electrons. The minimum atomic E-state index is -1.03. The maximum absolute atomic E-state index is 12.6. The first kappa shape index (κ1) is 13.3. The number of likely N-dealkylation sites (tertiary alicyclic amines) is 1. The minimum absolute atomic E-state index is 0.126.